The van der Waals surface area contributed by atoms with Crippen molar-refractivity contribution in [3.05, 3.63) is 52.7 Å². The van der Waals surface area contributed by atoms with Gasteiger partial charge in [-0.3, -0.25) is 4.79 Å². The van der Waals surface area contributed by atoms with Gasteiger partial charge in [0.2, 0.25) is 0 Å². The minimum Gasteiger partial charge on any atom is -0.444 e. The van der Waals surface area contributed by atoms with Gasteiger partial charge in [0.25, 0.3) is 5.91 Å². The van der Waals surface area contributed by atoms with Crippen molar-refractivity contribution in [2.24, 2.45) is 0 Å². The van der Waals surface area contributed by atoms with Gasteiger partial charge in [-0.05, 0) is 33.6 Å². The van der Waals surface area contributed by atoms with Crippen molar-refractivity contribution in [2.45, 2.75) is 6.54 Å². The highest BCUT2D eigenvalue weighted by atomic mass is 79.9. The van der Waals surface area contributed by atoms with Crippen molar-refractivity contribution in [1.82, 2.24) is 5.32 Å². The van der Waals surface area contributed by atoms with Crippen LogP contribution in [0.3, 0.4) is 0 Å². The molecule has 4 nitrogen and oxygen atoms in total. The Morgan fingerprint density at radius 3 is 2.69 bits per heavy atom. The van der Waals surface area contributed by atoms with E-state index in [-0.39, 0.29) is 5.91 Å². The van der Waals surface area contributed by atoms with E-state index in [1.165, 1.54) is 0 Å². The van der Waals surface area contributed by atoms with Gasteiger partial charge in [0.15, 0.2) is 22.8 Å². The maximum atomic E-state index is 11.6. The summed E-state index contributed by atoms with van der Waals surface area (Å²) in [5.74, 6) is 0.0768. The number of pyridine rings is 1. The third kappa shape index (κ3) is 2.70. The molecular formula is C11H10BrN2O2+. The Morgan fingerprint density at radius 2 is 2.06 bits per heavy atom. The Bertz CT molecular complexity index is 482. The highest BCUT2D eigenvalue weighted by molar-refractivity contribution is 9.10. The number of H-pyrrole nitrogens is 1. The molecule has 82 valence electrons. The molecule has 0 unspecified atom stereocenters. The van der Waals surface area contributed by atoms with Gasteiger partial charge in [0.05, 0.1) is 0 Å². The third-order valence-corrected chi connectivity index (χ3v) is 2.46. The van der Waals surface area contributed by atoms with E-state index in [2.05, 4.69) is 26.2 Å². The first-order valence-electron chi connectivity index (χ1n) is 4.74. The van der Waals surface area contributed by atoms with Gasteiger partial charge >= 0.3 is 0 Å². The van der Waals surface area contributed by atoms with Crippen LogP contribution in [-0.2, 0) is 6.54 Å². The molecule has 1 amide bonds. The maximum absolute atomic E-state index is 11.6. The highest BCUT2D eigenvalue weighted by Crippen LogP contribution is 2.13. The maximum Gasteiger partial charge on any atom is 0.287 e. The van der Waals surface area contributed by atoms with Crippen LogP contribution in [0.1, 0.15) is 16.1 Å². The Kier molecular flexibility index (Phi) is 3.36. The van der Waals surface area contributed by atoms with E-state index in [1.807, 2.05) is 24.5 Å². The monoisotopic (exact) mass is 281 g/mol. The summed E-state index contributed by atoms with van der Waals surface area (Å²) in [4.78, 5) is 14.5. The smallest absolute Gasteiger partial charge is 0.287 e. The molecule has 0 atom stereocenters. The van der Waals surface area contributed by atoms with Crippen LogP contribution in [0.15, 0.2) is 45.7 Å². The van der Waals surface area contributed by atoms with Crippen molar-refractivity contribution < 1.29 is 14.2 Å². The standard InChI is InChI=1S/C11H9BrN2O2/c12-10-2-1-9(16-10)11(15)14-7-8-3-5-13-6-4-8/h1-6H,7H2,(H,14,15)/p+1. The largest absolute Gasteiger partial charge is 0.444 e. The lowest BCUT2D eigenvalue weighted by molar-refractivity contribution is -0.378. The van der Waals surface area contributed by atoms with E-state index in [1.54, 1.807) is 12.1 Å². The molecule has 2 heterocycles. The molecule has 0 saturated carbocycles. The first kappa shape index (κ1) is 10.9. The summed E-state index contributed by atoms with van der Waals surface area (Å²) >= 11 is 3.15. The summed E-state index contributed by atoms with van der Waals surface area (Å²) in [5.41, 5.74) is 1.03. The molecule has 0 aliphatic rings. The topological polar surface area (TPSA) is 56.4 Å². The minimum absolute atomic E-state index is 0.224. The second kappa shape index (κ2) is 4.94. The van der Waals surface area contributed by atoms with Gasteiger partial charge in [0.1, 0.15) is 0 Å². The fourth-order valence-corrected chi connectivity index (χ4v) is 1.55. The first-order valence-corrected chi connectivity index (χ1v) is 5.53. The number of amides is 1. The molecule has 0 aliphatic heterocycles. The molecule has 2 aromatic rings. The van der Waals surface area contributed by atoms with Crippen molar-refractivity contribution in [3.8, 4) is 0 Å². The number of hydrogen-bond acceptors (Lipinski definition) is 2. The number of aromatic amines is 1. The van der Waals surface area contributed by atoms with Crippen LogP contribution in [0.5, 0.6) is 0 Å². The van der Waals surface area contributed by atoms with Gasteiger partial charge in [-0.1, -0.05) is 0 Å². The summed E-state index contributed by atoms with van der Waals surface area (Å²) in [6, 6.07) is 7.11. The number of carbonyl (C=O) groups is 1. The Balaban J connectivity index is 1.94. The van der Waals surface area contributed by atoms with Crippen molar-refractivity contribution in [1.29, 1.82) is 0 Å². The molecule has 0 bridgehead atoms. The van der Waals surface area contributed by atoms with E-state index in [0.717, 1.165) is 5.56 Å². The quantitative estimate of drug-likeness (QED) is 0.933. The van der Waals surface area contributed by atoms with Crippen LogP contribution in [0, 0.1) is 0 Å². The lowest BCUT2D eigenvalue weighted by Gasteiger charge is -2.01. The van der Waals surface area contributed by atoms with E-state index < -0.39 is 0 Å². The molecule has 0 spiro atoms. The molecule has 16 heavy (non-hydrogen) atoms. The molecular weight excluding hydrogens is 272 g/mol. The number of carbonyl (C=O) groups excluding carboxylic acids is 1. The summed E-state index contributed by atoms with van der Waals surface area (Å²) in [6.07, 6.45) is 3.62. The van der Waals surface area contributed by atoms with E-state index >= 15 is 0 Å². The minimum atomic E-state index is -0.224. The summed E-state index contributed by atoms with van der Waals surface area (Å²) in [6.45, 7) is 0.478. The molecule has 2 rings (SSSR count). The fraction of sp³-hybridized carbons (Fsp3) is 0.0909. The second-order valence-corrected chi connectivity index (χ2v) is 3.98. The van der Waals surface area contributed by atoms with Gasteiger partial charge in [-0.2, -0.15) is 0 Å². The molecule has 2 aromatic heterocycles. The third-order valence-electron chi connectivity index (χ3n) is 2.04. The van der Waals surface area contributed by atoms with Crippen LogP contribution in [0.2, 0.25) is 0 Å². The van der Waals surface area contributed by atoms with Crippen LogP contribution in [-0.4, -0.2) is 5.91 Å². The van der Waals surface area contributed by atoms with Crippen LogP contribution in [0.25, 0.3) is 0 Å². The average Bonchev–Trinajstić information content (AvgIpc) is 2.74. The van der Waals surface area contributed by atoms with Crippen molar-refractivity contribution in [3.63, 3.8) is 0 Å². The molecule has 2 N–H and O–H groups in total. The molecule has 0 aromatic carbocycles. The molecule has 0 fully saturated rings. The number of halogens is 1. The lowest BCUT2D eigenvalue weighted by Crippen LogP contribution is -2.22. The molecule has 0 aliphatic carbocycles. The summed E-state index contributed by atoms with van der Waals surface area (Å²) in [7, 11) is 0. The van der Waals surface area contributed by atoms with Crippen LogP contribution >= 0.6 is 15.9 Å². The van der Waals surface area contributed by atoms with Crippen LogP contribution in [0.4, 0.5) is 0 Å². The van der Waals surface area contributed by atoms with E-state index in [0.29, 0.717) is 17.0 Å². The van der Waals surface area contributed by atoms with E-state index in [4.69, 9.17) is 4.42 Å². The normalized spacial score (nSPS) is 10.1. The Morgan fingerprint density at radius 1 is 1.31 bits per heavy atom. The van der Waals surface area contributed by atoms with Gasteiger partial charge < -0.3 is 9.73 Å². The number of furan rings is 1. The number of aromatic nitrogens is 1. The number of rotatable bonds is 3. The lowest BCUT2D eigenvalue weighted by atomic mass is 10.2. The van der Waals surface area contributed by atoms with Crippen molar-refractivity contribution in [2.75, 3.05) is 0 Å². The predicted octanol–water partition coefficient (Wildman–Crippen LogP) is 1.79. The zero-order chi connectivity index (χ0) is 11.4. The van der Waals surface area contributed by atoms with E-state index in [9.17, 15) is 4.79 Å². The summed E-state index contributed by atoms with van der Waals surface area (Å²) in [5, 5.41) is 2.76. The zero-order valence-electron chi connectivity index (χ0n) is 8.37. The molecule has 0 saturated heterocycles. The highest BCUT2D eigenvalue weighted by Gasteiger charge is 2.09. The number of nitrogens with one attached hydrogen (secondary N) is 2. The van der Waals surface area contributed by atoms with Gasteiger partial charge in [-0.25, -0.2) is 4.98 Å². The molecule has 0 radical (unpaired) electrons. The van der Waals surface area contributed by atoms with Crippen LogP contribution < -0.4 is 10.3 Å². The second-order valence-electron chi connectivity index (χ2n) is 3.19. The van der Waals surface area contributed by atoms with Gasteiger partial charge in [0, 0.05) is 18.7 Å². The van der Waals surface area contributed by atoms with Crippen molar-refractivity contribution >= 4 is 21.8 Å². The number of hydrogen-bond donors (Lipinski definition) is 1. The Labute approximate surface area is 101 Å². The average molecular weight is 282 g/mol. The Hall–Kier alpha value is -1.62. The summed E-state index contributed by atoms with van der Waals surface area (Å²) < 4.78 is 5.68. The predicted molar refractivity (Wildman–Crippen MR) is 60.6 cm³/mol. The molecule has 5 heteroatoms. The van der Waals surface area contributed by atoms with Gasteiger partial charge in [-0.15, -0.1) is 0 Å². The fourth-order valence-electron chi connectivity index (χ4n) is 1.25. The SMILES string of the molecule is O=C(NCc1cc[nH+]cc1)c1ccc(Br)o1. The first-order chi connectivity index (χ1) is 7.75. The zero-order valence-corrected chi connectivity index (χ0v) is 9.95.